The van der Waals surface area contributed by atoms with Crippen LogP contribution in [-0.2, 0) is 26.0 Å². The van der Waals surface area contributed by atoms with E-state index in [9.17, 15) is 13.2 Å². The second-order valence-electron chi connectivity index (χ2n) is 6.44. The average molecular weight is 409 g/mol. The van der Waals surface area contributed by atoms with Crippen LogP contribution in [0, 0.1) is 6.92 Å². The van der Waals surface area contributed by atoms with Gasteiger partial charge in [-0.05, 0) is 55.2 Å². The molecule has 0 fully saturated rings. The lowest BCUT2D eigenvalue weighted by atomic mass is 10.0. The predicted molar refractivity (Wildman–Crippen MR) is 106 cm³/mol. The molecule has 0 aromatic heterocycles. The van der Waals surface area contributed by atoms with Gasteiger partial charge in [0.05, 0.1) is 10.6 Å². The first-order valence-corrected chi connectivity index (χ1v) is 10.4. The van der Waals surface area contributed by atoms with Crippen molar-refractivity contribution in [2.75, 3.05) is 29.9 Å². The van der Waals surface area contributed by atoms with Crippen LogP contribution in [0.4, 0.5) is 11.4 Å². The lowest BCUT2D eigenvalue weighted by Crippen LogP contribution is -2.37. The molecule has 0 aliphatic carbocycles. The Bertz CT molecular complexity index is 976. The number of nitrogens with one attached hydrogen (secondary N) is 1. The molecule has 0 saturated heterocycles. The molecule has 1 amide bonds. The molecule has 8 heteroatoms. The Balaban J connectivity index is 1.93. The first-order chi connectivity index (χ1) is 12.8. The van der Waals surface area contributed by atoms with Crippen molar-refractivity contribution in [2.45, 2.75) is 24.7 Å². The number of methoxy groups -OCH3 is 1. The van der Waals surface area contributed by atoms with Gasteiger partial charge < -0.3 is 9.64 Å². The Kier molecular flexibility index (Phi) is 5.74. The molecule has 0 unspecified atom stereocenters. The minimum Gasteiger partial charge on any atom is -0.375 e. The van der Waals surface area contributed by atoms with Gasteiger partial charge in [0, 0.05) is 24.4 Å². The van der Waals surface area contributed by atoms with E-state index in [-0.39, 0.29) is 17.4 Å². The number of carbonyl (C=O) groups excluding carboxylic acids is 1. The van der Waals surface area contributed by atoms with Crippen molar-refractivity contribution in [2.24, 2.45) is 0 Å². The Morgan fingerprint density at radius 1 is 1.26 bits per heavy atom. The van der Waals surface area contributed by atoms with Crippen LogP contribution < -0.4 is 9.62 Å². The fourth-order valence-corrected chi connectivity index (χ4v) is 4.73. The molecule has 2 aromatic rings. The number of aryl methyl sites for hydroxylation is 2. The zero-order valence-corrected chi connectivity index (χ0v) is 16.7. The van der Waals surface area contributed by atoms with Gasteiger partial charge in [0.25, 0.3) is 15.9 Å². The van der Waals surface area contributed by atoms with E-state index < -0.39 is 10.0 Å². The van der Waals surface area contributed by atoms with Crippen LogP contribution in [0.15, 0.2) is 41.3 Å². The molecule has 0 atom stereocenters. The molecule has 0 radical (unpaired) electrons. The summed E-state index contributed by atoms with van der Waals surface area (Å²) in [6.45, 7) is 2.28. The van der Waals surface area contributed by atoms with Crippen molar-refractivity contribution < 1.29 is 17.9 Å². The Hall–Kier alpha value is -2.09. The van der Waals surface area contributed by atoms with Gasteiger partial charge >= 0.3 is 0 Å². The summed E-state index contributed by atoms with van der Waals surface area (Å²) in [6, 6.07) is 9.99. The zero-order valence-electron chi connectivity index (χ0n) is 15.2. The molecule has 3 rings (SSSR count). The lowest BCUT2D eigenvalue weighted by Gasteiger charge is -2.30. The average Bonchev–Trinajstić information content (AvgIpc) is 2.63. The summed E-state index contributed by atoms with van der Waals surface area (Å²) < 4.78 is 33.1. The number of halogens is 1. The predicted octanol–water partition coefficient (Wildman–Crippen LogP) is 3.37. The summed E-state index contributed by atoms with van der Waals surface area (Å²) in [4.78, 5) is 14.1. The van der Waals surface area contributed by atoms with Crippen LogP contribution in [0.25, 0.3) is 0 Å². The van der Waals surface area contributed by atoms with Crippen LogP contribution in [-0.4, -0.2) is 34.6 Å². The number of carbonyl (C=O) groups is 1. The molecule has 0 bridgehead atoms. The van der Waals surface area contributed by atoms with Gasteiger partial charge in [-0.1, -0.05) is 23.7 Å². The first kappa shape index (κ1) is 19.7. The van der Waals surface area contributed by atoms with Crippen molar-refractivity contribution in [3.63, 3.8) is 0 Å². The standard InChI is InChI=1S/C19H21ClN2O4S/c1-13-5-7-15(20)10-18(13)27(24,25)21-16-8-6-14-4-3-9-22(17(14)11-16)19(23)12-26-2/h5-8,10-11,21H,3-4,9,12H2,1-2H3. The van der Waals surface area contributed by atoms with Crippen molar-refractivity contribution >= 4 is 38.9 Å². The maximum absolute atomic E-state index is 12.8. The summed E-state index contributed by atoms with van der Waals surface area (Å²) in [5.41, 5.74) is 2.71. The van der Waals surface area contributed by atoms with E-state index in [2.05, 4.69) is 4.72 Å². The van der Waals surface area contributed by atoms with Crippen molar-refractivity contribution in [3.8, 4) is 0 Å². The van der Waals surface area contributed by atoms with E-state index in [4.69, 9.17) is 16.3 Å². The maximum Gasteiger partial charge on any atom is 0.262 e. The third kappa shape index (κ3) is 4.26. The molecule has 1 aliphatic heterocycles. The van der Waals surface area contributed by atoms with E-state index >= 15 is 0 Å². The SMILES string of the molecule is COCC(=O)N1CCCc2ccc(NS(=O)(=O)c3cc(Cl)ccc3C)cc21. The van der Waals surface area contributed by atoms with Gasteiger partial charge in [0.1, 0.15) is 6.61 Å². The van der Waals surface area contributed by atoms with E-state index in [0.717, 1.165) is 18.4 Å². The quantitative estimate of drug-likeness (QED) is 0.822. The highest BCUT2D eigenvalue weighted by molar-refractivity contribution is 7.92. The van der Waals surface area contributed by atoms with Gasteiger partial charge in [0.2, 0.25) is 0 Å². The molecule has 27 heavy (non-hydrogen) atoms. The highest BCUT2D eigenvalue weighted by Crippen LogP contribution is 2.31. The Labute approximate surface area is 164 Å². The Morgan fingerprint density at radius 3 is 2.78 bits per heavy atom. The topological polar surface area (TPSA) is 75.7 Å². The summed E-state index contributed by atoms with van der Waals surface area (Å²) in [6.07, 6.45) is 1.70. The highest BCUT2D eigenvalue weighted by Gasteiger charge is 2.24. The Morgan fingerprint density at radius 2 is 2.04 bits per heavy atom. The molecule has 0 spiro atoms. The lowest BCUT2D eigenvalue weighted by molar-refractivity contribution is -0.122. The molecular weight excluding hydrogens is 388 g/mol. The van der Waals surface area contributed by atoms with Crippen molar-refractivity contribution in [3.05, 3.63) is 52.5 Å². The molecule has 1 heterocycles. The molecule has 144 valence electrons. The molecule has 1 aliphatic rings. The summed E-state index contributed by atoms with van der Waals surface area (Å²) >= 11 is 5.96. The van der Waals surface area contributed by atoms with E-state index in [1.54, 1.807) is 36.1 Å². The molecular formula is C19H21ClN2O4S. The molecule has 1 N–H and O–H groups in total. The van der Waals surface area contributed by atoms with Gasteiger partial charge in [-0.3, -0.25) is 9.52 Å². The largest absolute Gasteiger partial charge is 0.375 e. The van der Waals surface area contributed by atoms with Crippen LogP contribution in [0.2, 0.25) is 5.02 Å². The number of hydrogen-bond donors (Lipinski definition) is 1. The fraction of sp³-hybridized carbons (Fsp3) is 0.316. The first-order valence-electron chi connectivity index (χ1n) is 8.53. The summed E-state index contributed by atoms with van der Waals surface area (Å²) in [5, 5.41) is 0.350. The number of benzene rings is 2. The number of ether oxygens (including phenoxy) is 1. The van der Waals surface area contributed by atoms with Crippen molar-refractivity contribution in [1.82, 2.24) is 0 Å². The number of fused-ring (bicyclic) bond motifs is 1. The normalized spacial score (nSPS) is 14.0. The number of nitrogens with zero attached hydrogens (tertiary/aromatic N) is 1. The third-order valence-corrected chi connectivity index (χ3v) is 6.22. The number of sulfonamides is 1. The summed E-state index contributed by atoms with van der Waals surface area (Å²) in [5.74, 6) is -0.149. The molecule has 2 aromatic carbocycles. The number of anilines is 2. The van der Waals surface area contributed by atoms with Gasteiger partial charge in [-0.15, -0.1) is 0 Å². The monoisotopic (exact) mass is 408 g/mol. The van der Waals surface area contributed by atoms with Crippen LogP contribution in [0.3, 0.4) is 0 Å². The van der Waals surface area contributed by atoms with E-state index in [1.165, 1.54) is 13.2 Å². The maximum atomic E-state index is 12.8. The van der Waals surface area contributed by atoms with Crippen LogP contribution in [0.1, 0.15) is 17.5 Å². The summed E-state index contributed by atoms with van der Waals surface area (Å²) in [7, 11) is -2.33. The van der Waals surface area contributed by atoms with Crippen LogP contribution in [0.5, 0.6) is 0 Å². The number of amides is 1. The zero-order chi connectivity index (χ0) is 19.6. The molecule has 0 saturated carbocycles. The van der Waals surface area contributed by atoms with Gasteiger partial charge in [-0.25, -0.2) is 8.42 Å². The van der Waals surface area contributed by atoms with Gasteiger partial charge in [-0.2, -0.15) is 0 Å². The minimum absolute atomic E-state index is 0.0168. The van der Waals surface area contributed by atoms with Crippen LogP contribution >= 0.6 is 11.6 Å². The number of hydrogen-bond acceptors (Lipinski definition) is 4. The fourth-order valence-electron chi connectivity index (χ4n) is 3.17. The van der Waals surface area contributed by atoms with E-state index in [0.29, 0.717) is 28.5 Å². The van der Waals surface area contributed by atoms with E-state index in [1.807, 2.05) is 6.07 Å². The second-order valence-corrected chi connectivity index (χ2v) is 8.53. The third-order valence-electron chi connectivity index (χ3n) is 4.46. The minimum atomic E-state index is -3.80. The second kappa shape index (κ2) is 7.88. The smallest absolute Gasteiger partial charge is 0.262 e. The highest BCUT2D eigenvalue weighted by atomic mass is 35.5. The molecule has 6 nitrogen and oxygen atoms in total. The van der Waals surface area contributed by atoms with Crippen molar-refractivity contribution in [1.29, 1.82) is 0 Å². The number of rotatable bonds is 5. The van der Waals surface area contributed by atoms with Gasteiger partial charge in [0.15, 0.2) is 0 Å².